The lowest BCUT2D eigenvalue weighted by atomic mass is 10.3. The Balaban J connectivity index is 2.87. The van der Waals surface area contributed by atoms with Crippen molar-refractivity contribution in [3.05, 3.63) is 17.3 Å². The molecule has 0 aliphatic rings. The number of hydrogen-bond donors (Lipinski definition) is 1. The van der Waals surface area contributed by atoms with E-state index >= 15 is 0 Å². The highest BCUT2D eigenvalue weighted by molar-refractivity contribution is 6.30. The molecule has 15 heavy (non-hydrogen) atoms. The van der Waals surface area contributed by atoms with Crippen molar-refractivity contribution < 1.29 is 13.2 Å². The summed E-state index contributed by atoms with van der Waals surface area (Å²) in [7, 11) is 1.26. The molecule has 0 saturated carbocycles. The molecular weight excluding hydrogens is 231 g/mol. The summed E-state index contributed by atoms with van der Waals surface area (Å²) in [6, 6.07) is 1.36. The quantitative estimate of drug-likeness (QED) is 0.861. The first-order valence-electron chi connectivity index (χ1n) is 3.98. The maximum absolute atomic E-state index is 12.1. The summed E-state index contributed by atoms with van der Waals surface area (Å²) in [4.78, 5) is 4.65. The molecule has 1 aromatic heterocycles. The largest absolute Gasteiger partial charge is 0.405 e. The van der Waals surface area contributed by atoms with Crippen LogP contribution in [0, 0.1) is 0 Å². The molecule has 2 N–H and O–H groups in total. The van der Waals surface area contributed by atoms with Gasteiger partial charge in [-0.3, -0.25) is 0 Å². The van der Waals surface area contributed by atoms with Crippen molar-refractivity contribution in [3.63, 3.8) is 0 Å². The Morgan fingerprint density at radius 2 is 2.13 bits per heavy atom. The topological polar surface area (TPSA) is 42.2 Å². The Hall–Kier alpha value is -1.17. The molecular formula is C8H9ClF3N3. The van der Waals surface area contributed by atoms with Crippen molar-refractivity contribution >= 4 is 23.1 Å². The second-order valence-electron chi connectivity index (χ2n) is 3.04. The lowest BCUT2D eigenvalue weighted by Crippen LogP contribution is -2.31. The Kier molecular flexibility index (Phi) is 3.28. The Labute approximate surface area is 89.6 Å². The molecule has 1 heterocycles. The van der Waals surface area contributed by atoms with E-state index in [0.29, 0.717) is 0 Å². The van der Waals surface area contributed by atoms with Crippen LogP contribution in [0.3, 0.4) is 0 Å². The van der Waals surface area contributed by atoms with Gasteiger partial charge in [0.05, 0.1) is 10.7 Å². The van der Waals surface area contributed by atoms with Gasteiger partial charge in [-0.1, -0.05) is 11.6 Å². The molecule has 84 valence electrons. The van der Waals surface area contributed by atoms with Gasteiger partial charge in [0.25, 0.3) is 0 Å². The number of nitrogens with two attached hydrogens (primary N) is 1. The predicted molar refractivity (Wildman–Crippen MR) is 53.0 cm³/mol. The fraction of sp³-hybridized carbons (Fsp3) is 0.375. The third kappa shape index (κ3) is 3.47. The van der Waals surface area contributed by atoms with Crippen LogP contribution in [0.2, 0.25) is 5.02 Å². The SMILES string of the molecule is CN(CC(F)(F)F)c1ncc(Cl)cc1N. The van der Waals surface area contributed by atoms with Gasteiger partial charge in [-0.25, -0.2) is 4.98 Å². The highest BCUT2D eigenvalue weighted by Gasteiger charge is 2.30. The molecule has 0 bridgehead atoms. The minimum Gasteiger partial charge on any atom is -0.396 e. The minimum atomic E-state index is -4.29. The standard InChI is InChI=1S/C8H9ClF3N3/c1-15(4-8(10,11)12)7-6(13)2-5(9)3-14-7/h2-3H,4,13H2,1H3. The van der Waals surface area contributed by atoms with Crippen molar-refractivity contribution in [2.24, 2.45) is 0 Å². The fourth-order valence-electron chi connectivity index (χ4n) is 1.11. The number of anilines is 2. The van der Waals surface area contributed by atoms with Gasteiger partial charge in [-0.15, -0.1) is 0 Å². The van der Waals surface area contributed by atoms with Gasteiger partial charge >= 0.3 is 6.18 Å². The van der Waals surface area contributed by atoms with Gasteiger partial charge in [0.2, 0.25) is 0 Å². The molecule has 0 aromatic carbocycles. The lowest BCUT2D eigenvalue weighted by Gasteiger charge is -2.21. The third-order valence-electron chi connectivity index (χ3n) is 1.64. The van der Waals surface area contributed by atoms with Crippen LogP contribution in [0.4, 0.5) is 24.7 Å². The molecule has 0 spiro atoms. The molecule has 0 unspecified atom stereocenters. The van der Waals surface area contributed by atoms with Gasteiger partial charge in [0.15, 0.2) is 5.82 Å². The number of alkyl halides is 3. The van der Waals surface area contributed by atoms with Gasteiger partial charge in [-0.2, -0.15) is 13.2 Å². The fourth-order valence-corrected chi connectivity index (χ4v) is 1.28. The zero-order chi connectivity index (χ0) is 11.6. The first kappa shape index (κ1) is 11.9. The molecule has 1 aromatic rings. The van der Waals surface area contributed by atoms with Crippen molar-refractivity contribution in [2.45, 2.75) is 6.18 Å². The normalized spacial score (nSPS) is 11.5. The van der Waals surface area contributed by atoms with Crippen molar-refractivity contribution in [2.75, 3.05) is 24.2 Å². The van der Waals surface area contributed by atoms with Crippen molar-refractivity contribution in [1.82, 2.24) is 4.98 Å². The molecule has 3 nitrogen and oxygen atoms in total. The number of rotatable bonds is 2. The number of nitrogen functional groups attached to an aromatic ring is 1. The van der Waals surface area contributed by atoms with Gasteiger partial charge in [0.1, 0.15) is 6.54 Å². The van der Waals surface area contributed by atoms with Crippen molar-refractivity contribution in [3.8, 4) is 0 Å². The summed E-state index contributed by atoms with van der Waals surface area (Å²) < 4.78 is 36.2. The van der Waals surface area contributed by atoms with Crippen LogP contribution in [0.25, 0.3) is 0 Å². The maximum atomic E-state index is 12.1. The van der Waals surface area contributed by atoms with E-state index in [9.17, 15) is 13.2 Å². The van der Waals surface area contributed by atoms with E-state index < -0.39 is 12.7 Å². The summed E-state index contributed by atoms with van der Waals surface area (Å²) >= 11 is 5.57. The molecule has 0 aliphatic heterocycles. The molecule has 0 aliphatic carbocycles. The van der Waals surface area contributed by atoms with Crippen LogP contribution in [-0.4, -0.2) is 24.8 Å². The summed E-state index contributed by atoms with van der Waals surface area (Å²) in [5.74, 6) is 0.0664. The second-order valence-corrected chi connectivity index (χ2v) is 3.47. The van der Waals surface area contributed by atoms with E-state index in [4.69, 9.17) is 17.3 Å². The van der Waals surface area contributed by atoms with Crippen LogP contribution in [0.1, 0.15) is 0 Å². The van der Waals surface area contributed by atoms with Crippen LogP contribution < -0.4 is 10.6 Å². The van der Waals surface area contributed by atoms with Crippen LogP contribution in [0.5, 0.6) is 0 Å². The van der Waals surface area contributed by atoms with E-state index in [1.807, 2.05) is 0 Å². The zero-order valence-corrected chi connectivity index (χ0v) is 8.60. The second kappa shape index (κ2) is 4.14. The van der Waals surface area contributed by atoms with Crippen LogP contribution in [-0.2, 0) is 0 Å². The number of halogens is 4. The molecule has 1 rings (SSSR count). The Bertz CT molecular complexity index is 353. The third-order valence-corrected chi connectivity index (χ3v) is 1.85. The van der Waals surface area contributed by atoms with E-state index in [-0.39, 0.29) is 16.5 Å². The minimum absolute atomic E-state index is 0.0664. The zero-order valence-electron chi connectivity index (χ0n) is 7.85. The molecule has 0 fully saturated rings. The first-order chi connectivity index (χ1) is 6.79. The first-order valence-corrected chi connectivity index (χ1v) is 4.36. The number of aromatic nitrogens is 1. The molecule has 0 saturated heterocycles. The maximum Gasteiger partial charge on any atom is 0.405 e. The smallest absolute Gasteiger partial charge is 0.396 e. The number of nitrogens with zero attached hydrogens (tertiary/aromatic N) is 2. The Morgan fingerprint density at radius 1 is 1.53 bits per heavy atom. The molecule has 0 amide bonds. The van der Waals surface area contributed by atoms with E-state index in [1.165, 1.54) is 19.3 Å². The number of hydrogen-bond acceptors (Lipinski definition) is 3. The summed E-state index contributed by atoms with van der Waals surface area (Å²) in [6.45, 7) is -1.11. The van der Waals surface area contributed by atoms with E-state index in [2.05, 4.69) is 4.98 Å². The summed E-state index contributed by atoms with van der Waals surface area (Å²) in [5, 5.41) is 0.289. The van der Waals surface area contributed by atoms with E-state index in [0.717, 1.165) is 4.90 Å². The molecule has 7 heteroatoms. The molecule has 0 atom stereocenters. The van der Waals surface area contributed by atoms with Gasteiger partial charge < -0.3 is 10.6 Å². The van der Waals surface area contributed by atoms with Gasteiger partial charge in [0, 0.05) is 13.2 Å². The van der Waals surface area contributed by atoms with Gasteiger partial charge in [-0.05, 0) is 6.07 Å². The van der Waals surface area contributed by atoms with E-state index in [1.54, 1.807) is 0 Å². The summed E-state index contributed by atoms with van der Waals surface area (Å²) in [6.07, 6.45) is -3.04. The van der Waals surface area contributed by atoms with Crippen LogP contribution in [0.15, 0.2) is 12.3 Å². The summed E-state index contributed by atoms with van der Waals surface area (Å²) in [5.41, 5.74) is 5.60. The lowest BCUT2D eigenvalue weighted by molar-refractivity contribution is -0.119. The molecule has 0 radical (unpaired) electrons. The monoisotopic (exact) mass is 239 g/mol. The Morgan fingerprint density at radius 3 is 2.60 bits per heavy atom. The highest BCUT2D eigenvalue weighted by Crippen LogP contribution is 2.25. The average Bonchev–Trinajstić information content (AvgIpc) is 1.99. The van der Waals surface area contributed by atoms with Crippen molar-refractivity contribution in [1.29, 1.82) is 0 Å². The average molecular weight is 240 g/mol. The highest BCUT2D eigenvalue weighted by atomic mass is 35.5. The van der Waals surface area contributed by atoms with Crippen LogP contribution >= 0.6 is 11.6 Å². The number of pyridine rings is 1. The predicted octanol–water partition coefficient (Wildman–Crippen LogP) is 2.32.